The van der Waals surface area contributed by atoms with E-state index in [4.69, 9.17) is 4.74 Å². The quantitative estimate of drug-likeness (QED) is 0.565. The van der Waals surface area contributed by atoms with Gasteiger partial charge in [-0.2, -0.15) is 0 Å². The van der Waals surface area contributed by atoms with Gasteiger partial charge in [0, 0.05) is 20.3 Å². The minimum Gasteiger partial charge on any atom is -0.385 e. The van der Waals surface area contributed by atoms with Crippen LogP contribution >= 0.6 is 0 Å². The van der Waals surface area contributed by atoms with E-state index in [2.05, 4.69) is 26.1 Å². The SMILES string of the molecule is CCCNCC(C)(CCC)CCCOC. The zero-order chi connectivity index (χ0) is 11.6. The van der Waals surface area contributed by atoms with Gasteiger partial charge in [0.2, 0.25) is 0 Å². The number of rotatable bonds is 10. The molecule has 0 aromatic heterocycles. The number of ether oxygens (including phenoxy) is 1. The Bertz CT molecular complexity index is 126. The highest BCUT2D eigenvalue weighted by Crippen LogP contribution is 2.28. The van der Waals surface area contributed by atoms with Crippen LogP contribution < -0.4 is 5.32 Å². The lowest BCUT2D eigenvalue weighted by atomic mass is 9.81. The van der Waals surface area contributed by atoms with E-state index in [-0.39, 0.29) is 0 Å². The lowest BCUT2D eigenvalue weighted by Crippen LogP contribution is -2.32. The Kier molecular flexibility index (Phi) is 9.12. The van der Waals surface area contributed by atoms with Crippen LogP contribution in [-0.4, -0.2) is 26.8 Å². The van der Waals surface area contributed by atoms with Gasteiger partial charge in [0.1, 0.15) is 0 Å². The van der Waals surface area contributed by atoms with Gasteiger partial charge in [0.05, 0.1) is 0 Å². The van der Waals surface area contributed by atoms with Gasteiger partial charge in [-0.3, -0.25) is 0 Å². The molecule has 0 aliphatic carbocycles. The highest BCUT2D eigenvalue weighted by molar-refractivity contribution is 4.76. The molecule has 1 N–H and O–H groups in total. The van der Waals surface area contributed by atoms with Crippen LogP contribution in [-0.2, 0) is 4.74 Å². The molecular weight excluding hydrogens is 186 g/mol. The predicted octanol–water partition coefficient (Wildman–Crippen LogP) is 3.22. The molecular formula is C13H29NO. The molecule has 0 rings (SSSR count). The van der Waals surface area contributed by atoms with Crippen molar-refractivity contribution in [1.29, 1.82) is 0 Å². The topological polar surface area (TPSA) is 21.3 Å². The number of hydrogen-bond acceptors (Lipinski definition) is 2. The standard InChI is InChI=1S/C13H29NO/c1-5-8-13(3,9-7-11-15-4)12-14-10-6-2/h14H,5-12H2,1-4H3. The van der Waals surface area contributed by atoms with Gasteiger partial charge in [-0.15, -0.1) is 0 Å². The van der Waals surface area contributed by atoms with Crippen LogP contribution in [0.5, 0.6) is 0 Å². The van der Waals surface area contributed by atoms with Crippen LogP contribution in [0, 0.1) is 5.41 Å². The molecule has 0 saturated heterocycles. The number of hydrogen-bond donors (Lipinski definition) is 1. The monoisotopic (exact) mass is 215 g/mol. The Balaban J connectivity index is 3.83. The molecule has 2 nitrogen and oxygen atoms in total. The van der Waals surface area contributed by atoms with Crippen LogP contribution in [0.4, 0.5) is 0 Å². The van der Waals surface area contributed by atoms with Crippen molar-refractivity contribution < 1.29 is 4.74 Å². The molecule has 92 valence electrons. The van der Waals surface area contributed by atoms with Crippen molar-refractivity contribution >= 4 is 0 Å². The van der Waals surface area contributed by atoms with Crippen LogP contribution in [0.15, 0.2) is 0 Å². The van der Waals surface area contributed by atoms with Gasteiger partial charge in [-0.25, -0.2) is 0 Å². The normalized spacial score (nSPS) is 15.2. The predicted molar refractivity (Wildman–Crippen MR) is 67.3 cm³/mol. The molecule has 15 heavy (non-hydrogen) atoms. The Morgan fingerprint density at radius 3 is 2.40 bits per heavy atom. The summed E-state index contributed by atoms with van der Waals surface area (Å²) < 4.78 is 5.12. The first-order valence-corrected chi connectivity index (χ1v) is 6.38. The largest absolute Gasteiger partial charge is 0.385 e. The van der Waals surface area contributed by atoms with E-state index >= 15 is 0 Å². The van der Waals surface area contributed by atoms with Crippen molar-refractivity contribution in [3.05, 3.63) is 0 Å². The fraction of sp³-hybridized carbons (Fsp3) is 1.00. The second kappa shape index (κ2) is 9.17. The molecule has 0 radical (unpaired) electrons. The van der Waals surface area contributed by atoms with E-state index in [1.54, 1.807) is 7.11 Å². The first-order valence-electron chi connectivity index (χ1n) is 6.38. The van der Waals surface area contributed by atoms with E-state index in [0.717, 1.165) is 19.7 Å². The van der Waals surface area contributed by atoms with E-state index in [0.29, 0.717) is 5.41 Å². The second-order valence-electron chi connectivity index (χ2n) is 4.83. The summed E-state index contributed by atoms with van der Waals surface area (Å²) in [6.07, 6.45) is 6.26. The molecule has 1 unspecified atom stereocenters. The van der Waals surface area contributed by atoms with E-state index in [9.17, 15) is 0 Å². The summed E-state index contributed by atoms with van der Waals surface area (Å²) in [7, 11) is 1.78. The molecule has 0 fully saturated rings. The minimum absolute atomic E-state index is 0.461. The Hall–Kier alpha value is -0.0800. The summed E-state index contributed by atoms with van der Waals surface area (Å²) in [4.78, 5) is 0. The first kappa shape index (κ1) is 14.9. The molecule has 0 amide bonds. The smallest absolute Gasteiger partial charge is 0.0462 e. The van der Waals surface area contributed by atoms with Crippen molar-refractivity contribution in [2.45, 2.75) is 52.9 Å². The molecule has 0 aromatic carbocycles. The maximum atomic E-state index is 5.12. The van der Waals surface area contributed by atoms with E-state index < -0.39 is 0 Å². The van der Waals surface area contributed by atoms with Crippen LogP contribution in [0.25, 0.3) is 0 Å². The molecule has 0 saturated carbocycles. The zero-order valence-electron chi connectivity index (χ0n) is 11.1. The molecule has 0 aliphatic rings. The van der Waals surface area contributed by atoms with Gasteiger partial charge in [0.15, 0.2) is 0 Å². The highest BCUT2D eigenvalue weighted by Gasteiger charge is 2.21. The fourth-order valence-electron chi connectivity index (χ4n) is 2.12. The summed E-state index contributed by atoms with van der Waals surface area (Å²) in [6.45, 7) is 10.1. The summed E-state index contributed by atoms with van der Waals surface area (Å²) in [6, 6.07) is 0. The zero-order valence-corrected chi connectivity index (χ0v) is 11.1. The van der Waals surface area contributed by atoms with Crippen LogP contribution in [0.3, 0.4) is 0 Å². The van der Waals surface area contributed by atoms with Crippen molar-refractivity contribution in [2.24, 2.45) is 5.41 Å². The minimum atomic E-state index is 0.461. The lowest BCUT2D eigenvalue weighted by Gasteiger charge is -2.29. The highest BCUT2D eigenvalue weighted by atomic mass is 16.5. The lowest BCUT2D eigenvalue weighted by molar-refractivity contribution is 0.164. The van der Waals surface area contributed by atoms with Gasteiger partial charge in [-0.05, 0) is 37.6 Å². The first-order chi connectivity index (χ1) is 7.18. The average molecular weight is 215 g/mol. The number of methoxy groups -OCH3 is 1. The summed E-state index contributed by atoms with van der Waals surface area (Å²) in [5.74, 6) is 0. The fourth-order valence-corrected chi connectivity index (χ4v) is 2.12. The molecule has 1 atom stereocenters. The van der Waals surface area contributed by atoms with Gasteiger partial charge in [-0.1, -0.05) is 27.2 Å². The summed E-state index contributed by atoms with van der Waals surface area (Å²) >= 11 is 0. The maximum Gasteiger partial charge on any atom is 0.0462 e. The van der Waals surface area contributed by atoms with Gasteiger partial charge >= 0.3 is 0 Å². The number of nitrogens with one attached hydrogen (secondary N) is 1. The summed E-state index contributed by atoms with van der Waals surface area (Å²) in [5, 5.41) is 3.55. The third-order valence-electron chi connectivity index (χ3n) is 2.96. The van der Waals surface area contributed by atoms with Crippen molar-refractivity contribution in [3.8, 4) is 0 Å². The Morgan fingerprint density at radius 1 is 1.13 bits per heavy atom. The Morgan fingerprint density at radius 2 is 1.87 bits per heavy atom. The molecule has 0 bridgehead atoms. The third-order valence-corrected chi connectivity index (χ3v) is 2.96. The van der Waals surface area contributed by atoms with Crippen molar-refractivity contribution in [1.82, 2.24) is 5.32 Å². The second-order valence-corrected chi connectivity index (χ2v) is 4.83. The molecule has 0 aromatic rings. The van der Waals surface area contributed by atoms with Crippen molar-refractivity contribution in [3.63, 3.8) is 0 Å². The van der Waals surface area contributed by atoms with E-state index in [1.165, 1.54) is 32.1 Å². The molecule has 0 spiro atoms. The molecule has 0 aliphatic heterocycles. The van der Waals surface area contributed by atoms with Gasteiger partial charge in [0.25, 0.3) is 0 Å². The van der Waals surface area contributed by atoms with E-state index in [1.807, 2.05) is 0 Å². The molecule has 2 heteroatoms. The average Bonchev–Trinajstić information content (AvgIpc) is 2.19. The summed E-state index contributed by atoms with van der Waals surface area (Å²) in [5.41, 5.74) is 0.461. The van der Waals surface area contributed by atoms with Crippen molar-refractivity contribution in [2.75, 3.05) is 26.8 Å². The molecule has 0 heterocycles. The van der Waals surface area contributed by atoms with Crippen LogP contribution in [0.1, 0.15) is 52.9 Å². The maximum absolute atomic E-state index is 5.12. The third kappa shape index (κ3) is 7.80. The Labute approximate surface area is 95.8 Å². The van der Waals surface area contributed by atoms with Crippen LogP contribution in [0.2, 0.25) is 0 Å². The van der Waals surface area contributed by atoms with Gasteiger partial charge < -0.3 is 10.1 Å².